The highest BCUT2D eigenvalue weighted by molar-refractivity contribution is 7.85. The lowest BCUT2D eigenvalue weighted by Crippen LogP contribution is -2.42. The van der Waals surface area contributed by atoms with Crippen LogP contribution in [0.5, 0.6) is 5.88 Å². The molecule has 11 heteroatoms. The molecule has 0 aromatic carbocycles. The average Bonchev–Trinajstić information content (AvgIpc) is 3.13. The van der Waals surface area contributed by atoms with Gasteiger partial charge in [-0.25, -0.2) is 14.8 Å². The summed E-state index contributed by atoms with van der Waals surface area (Å²) in [6.45, 7) is 5.73. The maximum absolute atomic E-state index is 12.1. The molecule has 0 radical (unpaired) electrons. The maximum atomic E-state index is 12.1. The Labute approximate surface area is 211 Å². The van der Waals surface area contributed by atoms with Crippen molar-refractivity contribution in [3.8, 4) is 5.88 Å². The van der Waals surface area contributed by atoms with Crippen LogP contribution < -0.4 is 10.1 Å². The fourth-order valence-electron chi connectivity index (χ4n) is 4.92. The van der Waals surface area contributed by atoms with Gasteiger partial charge in [0.2, 0.25) is 5.88 Å². The number of rotatable bonds is 7. The fourth-order valence-corrected chi connectivity index (χ4v) is 6.58. The minimum Gasteiger partial charge on any atom is -0.474 e. The molecule has 1 saturated carbocycles. The van der Waals surface area contributed by atoms with E-state index in [0.717, 1.165) is 61.4 Å². The monoisotopic (exact) mass is 525 g/mol. The summed E-state index contributed by atoms with van der Waals surface area (Å²) in [6.07, 6.45) is 9.15. The highest BCUT2D eigenvalue weighted by Gasteiger charge is 2.30. The van der Waals surface area contributed by atoms with Crippen molar-refractivity contribution >= 4 is 37.8 Å². The number of aryl methyl sites for hydroxylation is 1. The van der Waals surface area contributed by atoms with Crippen molar-refractivity contribution in [1.29, 1.82) is 0 Å². The smallest absolute Gasteiger partial charge is 0.407 e. The van der Waals surface area contributed by atoms with E-state index >= 15 is 0 Å². The molecule has 35 heavy (non-hydrogen) atoms. The first-order valence-corrected chi connectivity index (χ1v) is 14.9. The molecule has 1 fully saturated rings. The van der Waals surface area contributed by atoms with Gasteiger partial charge in [0.15, 0.2) is 0 Å². The summed E-state index contributed by atoms with van der Waals surface area (Å²) in [5.74, 6) is 0.795. The van der Waals surface area contributed by atoms with E-state index in [1.54, 1.807) is 17.7 Å². The number of carbonyl (C=O) groups excluding carboxylic acids is 1. The average molecular weight is 526 g/mol. The van der Waals surface area contributed by atoms with E-state index < -0.39 is 15.7 Å². The molecule has 2 aromatic rings. The van der Waals surface area contributed by atoms with Crippen LogP contribution in [-0.4, -0.2) is 55.1 Å². The topological polar surface area (TPSA) is 117 Å². The molecule has 2 heterocycles. The van der Waals surface area contributed by atoms with E-state index in [-0.39, 0.29) is 30.8 Å². The molecule has 0 bridgehead atoms. The first-order chi connectivity index (χ1) is 16.5. The predicted octanol–water partition coefficient (Wildman–Crippen LogP) is 4.69. The van der Waals surface area contributed by atoms with Gasteiger partial charge in [0.1, 0.15) is 22.9 Å². The second kappa shape index (κ2) is 10.6. The van der Waals surface area contributed by atoms with Crippen molar-refractivity contribution in [3.05, 3.63) is 16.8 Å². The van der Waals surface area contributed by atoms with E-state index in [9.17, 15) is 13.2 Å². The number of thiophene rings is 1. The van der Waals surface area contributed by atoms with Gasteiger partial charge in [0.05, 0.1) is 18.2 Å². The highest BCUT2D eigenvalue weighted by Crippen LogP contribution is 2.46. The van der Waals surface area contributed by atoms with Gasteiger partial charge in [-0.3, -0.25) is 4.18 Å². The number of carbonyl (C=O) groups is 1. The molecule has 0 unspecified atom stereocenters. The SMILES string of the molecule is CC(C)(C)OC(=O)N[C@H]1CC[C@H](Oc2ncnc3sc4c(c23)[C@H](CCOS(C)(=O)=O)CCC4)CC1. The first-order valence-electron chi connectivity index (χ1n) is 12.3. The van der Waals surface area contributed by atoms with Gasteiger partial charge in [-0.05, 0) is 83.6 Å². The quantitative estimate of drug-likeness (QED) is 0.518. The molecule has 1 amide bonds. The first kappa shape index (κ1) is 26.1. The number of aromatic nitrogens is 2. The molecule has 0 aliphatic heterocycles. The molecular formula is C24H35N3O6S2. The Kier molecular flexibility index (Phi) is 7.87. The Morgan fingerprint density at radius 3 is 2.60 bits per heavy atom. The van der Waals surface area contributed by atoms with Crippen LogP contribution in [-0.2, 0) is 25.5 Å². The van der Waals surface area contributed by atoms with Gasteiger partial charge in [0, 0.05) is 10.9 Å². The summed E-state index contributed by atoms with van der Waals surface area (Å²) in [5, 5.41) is 3.93. The van der Waals surface area contributed by atoms with Crippen LogP contribution in [0.4, 0.5) is 4.79 Å². The Hall–Kier alpha value is -1.98. The Balaban J connectivity index is 1.43. The molecule has 2 aliphatic carbocycles. The largest absolute Gasteiger partial charge is 0.474 e. The molecule has 0 spiro atoms. The number of nitrogens with zero attached hydrogens (tertiary/aromatic N) is 2. The van der Waals surface area contributed by atoms with Crippen molar-refractivity contribution in [2.45, 2.75) is 95.8 Å². The third kappa shape index (κ3) is 7.04. The Bertz CT molecular complexity index is 1150. The zero-order valence-electron chi connectivity index (χ0n) is 20.8. The summed E-state index contributed by atoms with van der Waals surface area (Å²) in [5.41, 5.74) is 0.682. The van der Waals surface area contributed by atoms with Crippen LogP contribution in [0.25, 0.3) is 10.2 Å². The van der Waals surface area contributed by atoms with Gasteiger partial charge in [-0.15, -0.1) is 11.3 Å². The number of alkyl carbamates (subject to hydrolysis) is 1. The van der Waals surface area contributed by atoms with Crippen LogP contribution in [0.1, 0.15) is 82.1 Å². The molecule has 0 saturated heterocycles. The molecule has 1 N–H and O–H groups in total. The normalized spacial score (nSPS) is 23.0. The molecule has 1 atom stereocenters. The van der Waals surface area contributed by atoms with E-state index in [1.165, 1.54) is 10.4 Å². The van der Waals surface area contributed by atoms with Crippen LogP contribution in [0.2, 0.25) is 0 Å². The molecule has 194 valence electrons. The summed E-state index contributed by atoms with van der Waals surface area (Å²) in [4.78, 5) is 23.3. The number of amides is 1. The van der Waals surface area contributed by atoms with Crippen LogP contribution in [0.15, 0.2) is 6.33 Å². The minimum atomic E-state index is -3.46. The van der Waals surface area contributed by atoms with Gasteiger partial charge < -0.3 is 14.8 Å². The fraction of sp³-hybridized carbons (Fsp3) is 0.708. The van der Waals surface area contributed by atoms with Crippen molar-refractivity contribution in [1.82, 2.24) is 15.3 Å². The van der Waals surface area contributed by atoms with Crippen molar-refractivity contribution in [2.75, 3.05) is 12.9 Å². The van der Waals surface area contributed by atoms with Gasteiger partial charge in [0.25, 0.3) is 10.1 Å². The summed E-state index contributed by atoms with van der Waals surface area (Å²) < 4.78 is 39.6. The number of fused-ring (bicyclic) bond motifs is 3. The van der Waals surface area contributed by atoms with Crippen LogP contribution >= 0.6 is 11.3 Å². The second-order valence-corrected chi connectivity index (χ2v) is 13.2. The van der Waals surface area contributed by atoms with Gasteiger partial charge in [-0.1, -0.05) is 0 Å². The molecule has 2 aromatic heterocycles. The van der Waals surface area contributed by atoms with Crippen molar-refractivity contribution in [3.63, 3.8) is 0 Å². The van der Waals surface area contributed by atoms with Crippen molar-refractivity contribution in [2.24, 2.45) is 0 Å². The Morgan fingerprint density at radius 2 is 1.91 bits per heavy atom. The second-order valence-electron chi connectivity index (χ2n) is 10.4. The van der Waals surface area contributed by atoms with Crippen molar-refractivity contribution < 1.29 is 26.9 Å². The summed E-state index contributed by atoms with van der Waals surface area (Å²) in [6, 6.07) is 0.0725. The number of hydrogen-bond donors (Lipinski definition) is 1. The lowest BCUT2D eigenvalue weighted by atomic mass is 9.84. The molecule has 4 rings (SSSR count). The van der Waals surface area contributed by atoms with Gasteiger partial charge in [-0.2, -0.15) is 8.42 Å². The lowest BCUT2D eigenvalue weighted by molar-refractivity contribution is 0.0470. The third-order valence-electron chi connectivity index (χ3n) is 6.37. The van der Waals surface area contributed by atoms with E-state index in [1.807, 2.05) is 20.8 Å². The number of ether oxygens (including phenoxy) is 2. The van der Waals surface area contributed by atoms with E-state index in [0.29, 0.717) is 12.3 Å². The molecular weight excluding hydrogens is 490 g/mol. The minimum absolute atomic E-state index is 0.0101. The highest BCUT2D eigenvalue weighted by atomic mass is 32.2. The summed E-state index contributed by atoms with van der Waals surface area (Å²) >= 11 is 1.68. The Morgan fingerprint density at radius 1 is 1.17 bits per heavy atom. The molecule has 2 aliphatic rings. The van der Waals surface area contributed by atoms with Crippen LogP contribution in [0.3, 0.4) is 0 Å². The van der Waals surface area contributed by atoms with E-state index in [2.05, 4.69) is 15.3 Å². The van der Waals surface area contributed by atoms with Gasteiger partial charge >= 0.3 is 6.09 Å². The zero-order valence-corrected chi connectivity index (χ0v) is 22.5. The maximum Gasteiger partial charge on any atom is 0.407 e. The predicted molar refractivity (Wildman–Crippen MR) is 135 cm³/mol. The zero-order chi connectivity index (χ0) is 25.2. The number of nitrogens with one attached hydrogen (secondary N) is 1. The van der Waals surface area contributed by atoms with E-state index in [4.69, 9.17) is 13.7 Å². The summed E-state index contributed by atoms with van der Waals surface area (Å²) in [7, 11) is -3.46. The van der Waals surface area contributed by atoms with Crippen LogP contribution in [0, 0.1) is 0 Å². The third-order valence-corrected chi connectivity index (χ3v) is 8.14. The molecule has 9 nitrogen and oxygen atoms in total. The number of hydrogen-bond acceptors (Lipinski definition) is 9. The lowest BCUT2D eigenvalue weighted by Gasteiger charge is -2.30. The standard InChI is InChI=1S/C24H35N3O6S2/c1-24(2,3)33-23(28)27-16-8-10-17(11-9-16)32-21-20-19-15(12-13-31-35(4,29)30)6-5-7-18(19)34-22(20)26-14-25-21/h14-17H,5-13H2,1-4H3,(H,27,28)/t15-,16-,17-/m0/s1.